The zero-order chi connectivity index (χ0) is 14.6. The quantitative estimate of drug-likeness (QED) is 0.850. The predicted octanol–water partition coefficient (Wildman–Crippen LogP) is 2.47. The summed E-state index contributed by atoms with van der Waals surface area (Å²) in [6.45, 7) is 4.30. The summed E-state index contributed by atoms with van der Waals surface area (Å²) in [7, 11) is 1.88. The lowest BCUT2D eigenvalue weighted by atomic mass is 9.94. The Morgan fingerprint density at radius 2 is 2.05 bits per heavy atom. The van der Waals surface area contributed by atoms with Gasteiger partial charge in [-0.15, -0.1) is 0 Å². The van der Waals surface area contributed by atoms with Crippen LogP contribution in [0.3, 0.4) is 0 Å². The SMILES string of the molecule is CNC(C)(CO)CC(C)n1ccnc1-c1ccccc1. The van der Waals surface area contributed by atoms with Gasteiger partial charge in [-0.3, -0.25) is 0 Å². The van der Waals surface area contributed by atoms with Crippen LogP contribution in [0.1, 0.15) is 26.3 Å². The third-order valence-corrected chi connectivity index (χ3v) is 3.87. The van der Waals surface area contributed by atoms with E-state index in [1.807, 2.05) is 44.6 Å². The Balaban J connectivity index is 2.24. The minimum atomic E-state index is -0.280. The summed E-state index contributed by atoms with van der Waals surface area (Å²) in [4.78, 5) is 4.47. The number of hydrogen-bond acceptors (Lipinski definition) is 3. The molecule has 0 amide bonds. The van der Waals surface area contributed by atoms with Gasteiger partial charge in [0.25, 0.3) is 0 Å². The normalized spacial score (nSPS) is 15.8. The topological polar surface area (TPSA) is 50.1 Å². The van der Waals surface area contributed by atoms with Crippen LogP contribution in [0.5, 0.6) is 0 Å². The highest BCUT2D eigenvalue weighted by Crippen LogP contribution is 2.26. The van der Waals surface area contributed by atoms with Gasteiger partial charge >= 0.3 is 0 Å². The van der Waals surface area contributed by atoms with Crippen LogP contribution in [0.2, 0.25) is 0 Å². The summed E-state index contributed by atoms with van der Waals surface area (Å²) in [6.07, 6.45) is 4.66. The molecule has 1 heterocycles. The van der Waals surface area contributed by atoms with Gasteiger partial charge in [-0.2, -0.15) is 0 Å². The second-order valence-corrected chi connectivity index (χ2v) is 5.55. The molecule has 108 valence electrons. The number of imidazole rings is 1. The molecular weight excluding hydrogens is 250 g/mol. The van der Waals surface area contributed by atoms with Gasteiger partial charge in [0.05, 0.1) is 6.61 Å². The first kappa shape index (κ1) is 14.8. The number of benzene rings is 1. The maximum absolute atomic E-state index is 9.53. The highest BCUT2D eigenvalue weighted by atomic mass is 16.3. The number of hydrogen-bond donors (Lipinski definition) is 2. The molecule has 0 fully saturated rings. The Kier molecular flexibility index (Phi) is 4.57. The van der Waals surface area contributed by atoms with E-state index in [0.717, 1.165) is 17.8 Å². The van der Waals surface area contributed by atoms with Crippen LogP contribution in [0.25, 0.3) is 11.4 Å². The molecule has 0 aliphatic heterocycles. The van der Waals surface area contributed by atoms with Gasteiger partial charge < -0.3 is 15.0 Å². The zero-order valence-electron chi connectivity index (χ0n) is 12.4. The lowest BCUT2D eigenvalue weighted by Crippen LogP contribution is -2.44. The first-order valence-corrected chi connectivity index (χ1v) is 6.97. The Bertz CT molecular complexity index is 532. The van der Waals surface area contributed by atoms with E-state index in [1.54, 1.807) is 0 Å². The summed E-state index contributed by atoms with van der Waals surface area (Å²) < 4.78 is 2.17. The van der Waals surface area contributed by atoms with Crippen LogP contribution in [0.4, 0.5) is 0 Å². The molecule has 4 nitrogen and oxygen atoms in total. The van der Waals surface area contributed by atoms with Crippen molar-refractivity contribution in [3.05, 3.63) is 42.7 Å². The van der Waals surface area contributed by atoms with Crippen molar-refractivity contribution in [2.45, 2.75) is 31.8 Å². The van der Waals surface area contributed by atoms with Crippen molar-refractivity contribution in [3.8, 4) is 11.4 Å². The summed E-state index contributed by atoms with van der Waals surface area (Å²) in [5.41, 5.74) is 0.831. The van der Waals surface area contributed by atoms with Crippen LogP contribution in [0, 0.1) is 0 Å². The maximum Gasteiger partial charge on any atom is 0.140 e. The Hall–Kier alpha value is -1.65. The number of likely N-dealkylation sites (N-methyl/N-ethyl adjacent to an activating group) is 1. The fraction of sp³-hybridized carbons (Fsp3) is 0.438. The fourth-order valence-corrected chi connectivity index (χ4v) is 2.48. The third kappa shape index (κ3) is 3.08. The average Bonchev–Trinajstić information content (AvgIpc) is 2.97. The Labute approximate surface area is 120 Å². The van der Waals surface area contributed by atoms with Crippen LogP contribution < -0.4 is 5.32 Å². The summed E-state index contributed by atoms with van der Waals surface area (Å²) in [6, 6.07) is 10.4. The van der Waals surface area contributed by atoms with Gasteiger partial charge in [0.2, 0.25) is 0 Å². The third-order valence-electron chi connectivity index (χ3n) is 3.87. The van der Waals surface area contributed by atoms with Gasteiger partial charge in [0, 0.05) is 29.5 Å². The number of aliphatic hydroxyl groups is 1. The highest BCUT2D eigenvalue weighted by Gasteiger charge is 2.25. The van der Waals surface area contributed by atoms with Gasteiger partial charge in [0.15, 0.2) is 0 Å². The van der Waals surface area contributed by atoms with Crippen LogP contribution in [-0.4, -0.2) is 33.9 Å². The molecule has 0 aliphatic rings. The van der Waals surface area contributed by atoms with Crippen LogP contribution >= 0.6 is 0 Å². The van der Waals surface area contributed by atoms with Crippen molar-refractivity contribution in [2.24, 2.45) is 0 Å². The van der Waals surface area contributed by atoms with Crippen molar-refractivity contribution in [3.63, 3.8) is 0 Å². The number of rotatable bonds is 6. The van der Waals surface area contributed by atoms with E-state index in [-0.39, 0.29) is 18.2 Å². The zero-order valence-corrected chi connectivity index (χ0v) is 12.4. The molecule has 1 aromatic carbocycles. The molecule has 0 saturated carbocycles. The van der Waals surface area contributed by atoms with Gasteiger partial charge in [-0.1, -0.05) is 30.3 Å². The van der Waals surface area contributed by atoms with E-state index >= 15 is 0 Å². The van der Waals surface area contributed by atoms with Crippen molar-refractivity contribution in [1.29, 1.82) is 0 Å². The molecular formula is C16H23N3O. The number of aromatic nitrogens is 2. The molecule has 2 unspecified atom stereocenters. The van der Waals surface area contributed by atoms with E-state index < -0.39 is 0 Å². The van der Waals surface area contributed by atoms with Gasteiger partial charge in [0.1, 0.15) is 5.82 Å². The smallest absolute Gasteiger partial charge is 0.140 e. The Morgan fingerprint density at radius 1 is 1.35 bits per heavy atom. The molecule has 2 N–H and O–H groups in total. The van der Waals surface area contributed by atoms with Crippen molar-refractivity contribution < 1.29 is 5.11 Å². The minimum Gasteiger partial charge on any atom is -0.394 e. The molecule has 0 spiro atoms. The molecule has 0 saturated heterocycles. The molecule has 0 bridgehead atoms. The first-order chi connectivity index (χ1) is 9.59. The number of aliphatic hydroxyl groups excluding tert-OH is 1. The largest absolute Gasteiger partial charge is 0.394 e. The number of nitrogens with zero attached hydrogens (tertiary/aromatic N) is 2. The van der Waals surface area contributed by atoms with Crippen molar-refractivity contribution in [2.75, 3.05) is 13.7 Å². The maximum atomic E-state index is 9.53. The molecule has 1 aromatic heterocycles. The molecule has 2 atom stereocenters. The van der Waals surface area contributed by atoms with E-state index in [9.17, 15) is 5.11 Å². The first-order valence-electron chi connectivity index (χ1n) is 6.97. The molecule has 4 heteroatoms. The second-order valence-electron chi connectivity index (χ2n) is 5.55. The standard InChI is InChI=1S/C16H23N3O/c1-13(11-16(2,12-20)17-3)19-10-9-18-15(19)14-7-5-4-6-8-14/h4-10,13,17,20H,11-12H2,1-3H3. The highest BCUT2D eigenvalue weighted by molar-refractivity contribution is 5.55. The summed E-state index contributed by atoms with van der Waals surface area (Å²) in [5, 5.41) is 12.7. The van der Waals surface area contributed by atoms with Crippen LogP contribution in [-0.2, 0) is 0 Å². The van der Waals surface area contributed by atoms with Gasteiger partial charge in [-0.25, -0.2) is 4.98 Å². The predicted molar refractivity (Wildman–Crippen MR) is 81.5 cm³/mol. The minimum absolute atomic E-state index is 0.114. The van der Waals surface area contributed by atoms with E-state index in [4.69, 9.17) is 0 Å². The molecule has 20 heavy (non-hydrogen) atoms. The fourth-order valence-electron chi connectivity index (χ4n) is 2.48. The lowest BCUT2D eigenvalue weighted by molar-refractivity contribution is 0.159. The number of nitrogens with one attached hydrogen (secondary N) is 1. The monoisotopic (exact) mass is 273 g/mol. The van der Waals surface area contributed by atoms with Crippen molar-refractivity contribution in [1.82, 2.24) is 14.9 Å². The average molecular weight is 273 g/mol. The second kappa shape index (κ2) is 6.20. The van der Waals surface area contributed by atoms with Crippen molar-refractivity contribution >= 4 is 0 Å². The van der Waals surface area contributed by atoms with Crippen LogP contribution in [0.15, 0.2) is 42.7 Å². The van der Waals surface area contributed by atoms with E-state index in [1.165, 1.54) is 0 Å². The molecule has 2 aromatic rings. The lowest BCUT2D eigenvalue weighted by Gasteiger charge is -2.31. The summed E-state index contributed by atoms with van der Waals surface area (Å²) >= 11 is 0. The van der Waals surface area contributed by atoms with E-state index in [2.05, 4.69) is 33.9 Å². The van der Waals surface area contributed by atoms with Gasteiger partial charge in [-0.05, 0) is 27.3 Å². The summed E-state index contributed by atoms with van der Waals surface area (Å²) in [5.74, 6) is 0.967. The Morgan fingerprint density at radius 3 is 2.65 bits per heavy atom. The van der Waals surface area contributed by atoms with E-state index in [0.29, 0.717) is 0 Å². The molecule has 0 radical (unpaired) electrons. The molecule has 2 rings (SSSR count). The molecule has 0 aliphatic carbocycles.